The molecule has 1 heterocycles. The quantitative estimate of drug-likeness (QED) is 0.759. The van der Waals surface area contributed by atoms with Gasteiger partial charge in [0.1, 0.15) is 0 Å². The van der Waals surface area contributed by atoms with Crippen LogP contribution < -0.4 is 10.6 Å². The third kappa shape index (κ3) is 4.77. The molecule has 0 atom stereocenters. The summed E-state index contributed by atoms with van der Waals surface area (Å²) in [6.45, 7) is 1.76. The van der Waals surface area contributed by atoms with Gasteiger partial charge in [-0.15, -0.1) is 0 Å². The van der Waals surface area contributed by atoms with Crippen LogP contribution in [0, 0.1) is 0 Å². The molecule has 0 spiro atoms. The molecule has 0 radical (unpaired) electrons. The van der Waals surface area contributed by atoms with Gasteiger partial charge in [0.2, 0.25) is 5.91 Å². The van der Waals surface area contributed by atoms with Crippen molar-refractivity contribution in [3.8, 4) is 0 Å². The summed E-state index contributed by atoms with van der Waals surface area (Å²) in [6.07, 6.45) is 3.86. The summed E-state index contributed by atoms with van der Waals surface area (Å²) >= 11 is 5.20. The van der Waals surface area contributed by atoms with Crippen LogP contribution in [-0.4, -0.2) is 18.5 Å². The van der Waals surface area contributed by atoms with E-state index in [1.165, 1.54) is 10.0 Å². The molecule has 1 aromatic rings. The summed E-state index contributed by atoms with van der Waals surface area (Å²) in [5.74, 6) is 0.200. The van der Waals surface area contributed by atoms with Crippen LogP contribution in [-0.2, 0) is 11.3 Å². The maximum absolute atomic E-state index is 11.4. The monoisotopic (exact) mass is 316 g/mol. The minimum absolute atomic E-state index is 0.200. The Kier molecular flexibility index (Phi) is 5.00. The molecule has 0 saturated heterocycles. The van der Waals surface area contributed by atoms with Gasteiger partial charge in [0.25, 0.3) is 0 Å². The Balaban J connectivity index is 1.51. The molecular formula is C12H17BrN2OS. The van der Waals surface area contributed by atoms with Gasteiger partial charge in [0, 0.05) is 28.9 Å². The van der Waals surface area contributed by atoms with Crippen molar-refractivity contribution in [2.24, 2.45) is 0 Å². The van der Waals surface area contributed by atoms with E-state index in [1.807, 2.05) is 0 Å². The highest BCUT2D eigenvalue weighted by Crippen LogP contribution is 2.21. The standard InChI is InChI=1S/C12H17BrN2OS/c13-11-8-17-7-9(11)6-14-5-1-2-12(16)15-10-3-4-10/h7-8,10,14H,1-6H2,(H,15,16). The van der Waals surface area contributed by atoms with Crippen LogP contribution in [0.5, 0.6) is 0 Å². The summed E-state index contributed by atoms with van der Waals surface area (Å²) in [5, 5.41) is 10.6. The van der Waals surface area contributed by atoms with Crippen LogP contribution in [0.3, 0.4) is 0 Å². The van der Waals surface area contributed by atoms with Gasteiger partial charge >= 0.3 is 0 Å². The molecule has 5 heteroatoms. The predicted octanol–water partition coefficient (Wildman–Crippen LogP) is 2.66. The van der Waals surface area contributed by atoms with Crippen molar-refractivity contribution >= 4 is 33.2 Å². The maximum Gasteiger partial charge on any atom is 0.220 e. The number of carbonyl (C=O) groups is 1. The average Bonchev–Trinajstić information content (AvgIpc) is 3.01. The second-order valence-electron chi connectivity index (χ2n) is 4.37. The normalized spacial score (nSPS) is 14.9. The Labute approximate surface area is 114 Å². The van der Waals surface area contributed by atoms with Gasteiger partial charge in [-0.25, -0.2) is 0 Å². The molecule has 0 unspecified atom stereocenters. The Bertz CT molecular complexity index is 376. The first-order valence-electron chi connectivity index (χ1n) is 5.96. The molecule has 1 aliphatic rings. The van der Waals surface area contributed by atoms with Gasteiger partial charge < -0.3 is 10.6 Å². The lowest BCUT2D eigenvalue weighted by Crippen LogP contribution is -2.26. The highest BCUT2D eigenvalue weighted by Gasteiger charge is 2.22. The van der Waals surface area contributed by atoms with Gasteiger partial charge in [0.15, 0.2) is 0 Å². The molecule has 1 saturated carbocycles. The fourth-order valence-electron chi connectivity index (χ4n) is 1.56. The third-order valence-corrected chi connectivity index (χ3v) is 4.54. The van der Waals surface area contributed by atoms with Gasteiger partial charge in [-0.2, -0.15) is 11.3 Å². The van der Waals surface area contributed by atoms with E-state index in [0.29, 0.717) is 12.5 Å². The van der Waals surface area contributed by atoms with Crippen molar-refractivity contribution < 1.29 is 4.79 Å². The van der Waals surface area contributed by atoms with Crippen molar-refractivity contribution in [2.45, 2.75) is 38.3 Å². The summed E-state index contributed by atoms with van der Waals surface area (Å²) in [4.78, 5) is 11.4. The van der Waals surface area contributed by atoms with E-state index < -0.39 is 0 Å². The number of hydrogen-bond acceptors (Lipinski definition) is 3. The van der Waals surface area contributed by atoms with E-state index in [0.717, 1.165) is 32.4 Å². The van der Waals surface area contributed by atoms with Crippen LogP contribution in [0.1, 0.15) is 31.2 Å². The summed E-state index contributed by atoms with van der Waals surface area (Å²) < 4.78 is 1.17. The van der Waals surface area contributed by atoms with Crippen LogP contribution >= 0.6 is 27.3 Å². The summed E-state index contributed by atoms with van der Waals surface area (Å²) in [5.41, 5.74) is 1.29. The smallest absolute Gasteiger partial charge is 0.220 e. The lowest BCUT2D eigenvalue weighted by Gasteiger charge is -2.05. The lowest BCUT2D eigenvalue weighted by molar-refractivity contribution is -0.121. The second kappa shape index (κ2) is 6.52. The number of halogens is 1. The molecule has 2 rings (SSSR count). The first kappa shape index (κ1) is 13.1. The molecule has 17 heavy (non-hydrogen) atoms. The van der Waals surface area contributed by atoms with Gasteiger partial charge in [-0.3, -0.25) is 4.79 Å². The molecule has 3 nitrogen and oxygen atoms in total. The second-order valence-corrected chi connectivity index (χ2v) is 5.96. The first-order chi connectivity index (χ1) is 8.25. The Morgan fingerprint density at radius 2 is 2.29 bits per heavy atom. The molecule has 0 aromatic carbocycles. The van der Waals surface area contributed by atoms with Gasteiger partial charge in [0.05, 0.1) is 0 Å². The van der Waals surface area contributed by atoms with Gasteiger partial charge in [-0.05, 0) is 52.7 Å². The topological polar surface area (TPSA) is 41.1 Å². The first-order valence-corrected chi connectivity index (χ1v) is 7.70. The van der Waals surface area contributed by atoms with Crippen molar-refractivity contribution in [1.82, 2.24) is 10.6 Å². The zero-order chi connectivity index (χ0) is 12.1. The number of carbonyl (C=O) groups excluding carboxylic acids is 1. The van der Waals surface area contributed by atoms with E-state index in [-0.39, 0.29) is 5.91 Å². The van der Waals surface area contributed by atoms with E-state index in [4.69, 9.17) is 0 Å². The van der Waals surface area contributed by atoms with Crippen LogP contribution in [0.25, 0.3) is 0 Å². The van der Waals surface area contributed by atoms with E-state index in [9.17, 15) is 4.79 Å². The molecule has 1 fully saturated rings. The largest absolute Gasteiger partial charge is 0.353 e. The molecule has 2 N–H and O–H groups in total. The molecule has 1 amide bonds. The number of thiophene rings is 1. The number of amides is 1. The number of rotatable bonds is 7. The molecule has 1 aromatic heterocycles. The maximum atomic E-state index is 11.4. The highest BCUT2D eigenvalue weighted by molar-refractivity contribution is 9.10. The molecule has 0 bridgehead atoms. The van der Waals surface area contributed by atoms with E-state index in [1.54, 1.807) is 11.3 Å². The Morgan fingerprint density at radius 3 is 2.94 bits per heavy atom. The fourth-order valence-corrected chi connectivity index (χ4v) is 3.00. The third-order valence-electron chi connectivity index (χ3n) is 2.70. The summed E-state index contributed by atoms with van der Waals surface area (Å²) in [7, 11) is 0. The zero-order valence-electron chi connectivity index (χ0n) is 9.67. The SMILES string of the molecule is O=C(CCCNCc1cscc1Br)NC1CC1. The minimum atomic E-state index is 0.200. The number of nitrogens with one attached hydrogen (secondary N) is 2. The fraction of sp³-hybridized carbons (Fsp3) is 0.583. The van der Waals surface area contributed by atoms with E-state index in [2.05, 4.69) is 37.3 Å². The molecular weight excluding hydrogens is 300 g/mol. The van der Waals surface area contributed by atoms with Crippen molar-refractivity contribution in [3.05, 3.63) is 20.8 Å². The van der Waals surface area contributed by atoms with Crippen molar-refractivity contribution in [2.75, 3.05) is 6.54 Å². The van der Waals surface area contributed by atoms with Crippen LogP contribution in [0.4, 0.5) is 0 Å². The molecule has 0 aliphatic heterocycles. The van der Waals surface area contributed by atoms with Crippen LogP contribution in [0.2, 0.25) is 0 Å². The molecule has 1 aliphatic carbocycles. The average molecular weight is 317 g/mol. The van der Waals surface area contributed by atoms with Crippen molar-refractivity contribution in [1.29, 1.82) is 0 Å². The lowest BCUT2D eigenvalue weighted by atomic mass is 10.3. The van der Waals surface area contributed by atoms with Crippen molar-refractivity contribution in [3.63, 3.8) is 0 Å². The molecule has 94 valence electrons. The van der Waals surface area contributed by atoms with Crippen LogP contribution in [0.15, 0.2) is 15.2 Å². The highest BCUT2D eigenvalue weighted by atomic mass is 79.9. The number of hydrogen-bond donors (Lipinski definition) is 2. The zero-order valence-corrected chi connectivity index (χ0v) is 12.1. The minimum Gasteiger partial charge on any atom is -0.353 e. The predicted molar refractivity (Wildman–Crippen MR) is 74.1 cm³/mol. The Morgan fingerprint density at radius 1 is 1.47 bits per heavy atom. The summed E-state index contributed by atoms with van der Waals surface area (Å²) in [6, 6.07) is 0.484. The Hall–Kier alpha value is -0.390. The van der Waals surface area contributed by atoms with E-state index >= 15 is 0 Å². The van der Waals surface area contributed by atoms with Gasteiger partial charge in [-0.1, -0.05) is 0 Å².